The first kappa shape index (κ1) is 15.0. The molecule has 6 heteroatoms. The zero-order chi connectivity index (χ0) is 15.1. The number of aliphatic hydroxyl groups excluding tert-OH is 1. The molecule has 0 spiro atoms. The van der Waals surface area contributed by atoms with Crippen molar-refractivity contribution in [2.45, 2.75) is 25.3 Å². The van der Waals surface area contributed by atoms with Crippen LogP contribution in [0.3, 0.4) is 0 Å². The van der Waals surface area contributed by atoms with Crippen molar-refractivity contribution in [3.05, 3.63) is 29.6 Å². The predicted molar refractivity (Wildman–Crippen MR) is 76.3 cm³/mol. The van der Waals surface area contributed by atoms with E-state index >= 15 is 0 Å². The van der Waals surface area contributed by atoms with Gasteiger partial charge in [0.25, 0.3) is 5.91 Å². The number of nitrogens with zero attached hydrogens (tertiary/aromatic N) is 1. The van der Waals surface area contributed by atoms with Crippen LogP contribution in [0.1, 0.15) is 35.3 Å². The number of hydrogen-bond acceptors (Lipinski definition) is 4. The van der Waals surface area contributed by atoms with E-state index in [1.165, 1.54) is 6.20 Å². The molecule has 6 nitrogen and oxygen atoms in total. The molecule has 1 aromatic rings. The number of nitrogens with one attached hydrogen (secondary N) is 2. The number of aliphatic hydroxyl groups is 1. The van der Waals surface area contributed by atoms with Crippen molar-refractivity contribution in [2.75, 3.05) is 13.2 Å². The van der Waals surface area contributed by atoms with Gasteiger partial charge in [0, 0.05) is 24.7 Å². The van der Waals surface area contributed by atoms with E-state index in [1.807, 2.05) is 0 Å². The minimum absolute atomic E-state index is 0.0182. The number of amides is 2. The van der Waals surface area contributed by atoms with E-state index in [4.69, 9.17) is 5.11 Å². The van der Waals surface area contributed by atoms with Crippen molar-refractivity contribution in [1.29, 1.82) is 0 Å². The van der Waals surface area contributed by atoms with E-state index in [9.17, 15) is 9.59 Å². The Kier molecular flexibility index (Phi) is 5.29. The normalized spacial score (nSPS) is 17.4. The monoisotopic (exact) mass is 287 g/mol. The molecule has 1 aliphatic heterocycles. The topological polar surface area (TPSA) is 91.3 Å². The summed E-state index contributed by atoms with van der Waals surface area (Å²) >= 11 is 0. The molecule has 0 aromatic carbocycles. The highest BCUT2D eigenvalue weighted by Crippen LogP contribution is 2.05. The summed E-state index contributed by atoms with van der Waals surface area (Å²) in [6, 6.07) is 2.77. The fraction of sp³-hybridized carbons (Fsp3) is 0.400. The smallest absolute Gasteiger partial charge is 0.270 e. The first-order valence-corrected chi connectivity index (χ1v) is 6.85. The molecule has 2 rings (SSSR count). The average Bonchev–Trinajstić information content (AvgIpc) is 2.50. The van der Waals surface area contributed by atoms with Gasteiger partial charge in [0.1, 0.15) is 11.7 Å². The van der Waals surface area contributed by atoms with Gasteiger partial charge in [0.2, 0.25) is 5.91 Å². The van der Waals surface area contributed by atoms with Crippen molar-refractivity contribution in [3.8, 4) is 11.8 Å². The maximum absolute atomic E-state index is 12.0. The van der Waals surface area contributed by atoms with Gasteiger partial charge in [0.05, 0.1) is 6.61 Å². The largest absolute Gasteiger partial charge is 0.395 e. The van der Waals surface area contributed by atoms with Gasteiger partial charge in [-0.3, -0.25) is 9.59 Å². The zero-order valence-electron chi connectivity index (χ0n) is 11.6. The minimum atomic E-state index is -0.489. The van der Waals surface area contributed by atoms with E-state index in [1.54, 1.807) is 12.1 Å². The predicted octanol–water partition coefficient (Wildman–Crippen LogP) is -0.176. The highest BCUT2D eigenvalue weighted by atomic mass is 16.2. The van der Waals surface area contributed by atoms with Crippen molar-refractivity contribution in [2.24, 2.45) is 0 Å². The fourth-order valence-electron chi connectivity index (χ4n) is 1.96. The molecule has 1 unspecified atom stereocenters. The van der Waals surface area contributed by atoms with Crippen molar-refractivity contribution >= 4 is 11.8 Å². The summed E-state index contributed by atoms with van der Waals surface area (Å²) in [5.41, 5.74) is 0.927. The van der Waals surface area contributed by atoms with Crippen LogP contribution in [0, 0.1) is 11.8 Å². The van der Waals surface area contributed by atoms with Crippen molar-refractivity contribution < 1.29 is 14.7 Å². The third kappa shape index (κ3) is 4.29. The lowest BCUT2D eigenvalue weighted by molar-refractivity contribution is -0.124. The van der Waals surface area contributed by atoms with Crippen LogP contribution in [-0.2, 0) is 4.79 Å². The molecule has 0 radical (unpaired) electrons. The van der Waals surface area contributed by atoms with Crippen LogP contribution in [0.15, 0.2) is 18.3 Å². The molecule has 1 atom stereocenters. The summed E-state index contributed by atoms with van der Waals surface area (Å²) in [5, 5.41) is 14.0. The third-order valence-corrected chi connectivity index (χ3v) is 3.06. The number of pyridine rings is 1. The Labute approximate surface area is 123 Å². The summed E-state index contributed by atoms with van der Waals surface area (Å²) in [6.45, 7) is 0.676. The summed E-state index contributed by atoms with van der Waals surface area (Å²) in [5.74, 6) is 5.09. The van der Waals surface area contributed by atoms with E-state index in [2.05, 4.69) is 27.5 Å². The standard InChI is InChI=1S/C15H17N3O3/c19-9-2-1-4-11-6-7-12(17-10-11)15(21)18-13-5-3-8-16-14(13)20/h6-7,10,13,19H,2-3,5,8-9H2,(H,16,20)(H,18,21). The van der Waals surface area contributed by atoms with Gasteiger partial charge in [-0.15, -0.1) is 0 Å². The molecule has 3 N–H and O–H groups in total. The molecule has 2 amide bonds. The van der Waals surface area contributed by atoms with Crippen LogP contribution in [0.2, 0.25) is 0 Å². The van der Waals surface area contributed by atoms with Gasteiger partial charge in [-0.2, -0.15) is 0 Å². The van der Waals surface area contributed by atoms with Gasteiger partial charge >= 0.3 is 0 Å². The summed E-state index contributed by atoms with van der Waals surface area (Å²) in [6.07, 6.45) is 3.39. The second kappa shape index (κ2) is 7.41. The summed E-state index contributed by atoms with van der Waals surface area (Å²) in [4.78, 5) is 27.6. The quantitative estimate of drug-likeness (QED) is 0.673. The Morgan fingerprint density at radius 3 is 3.05 bits per heavy atom. The summed E-state index contributed by atoms with van der Waals surface area (Å²) in [7, 11) is 0. The second-order valence-corrected chi connectivity index (χ2v) is 4.67. The van der Waals surface area contributed by atoms with Gasteiger partial charge < -0.3 is 15.7 Å². The SMILES string of the molecule is O=C(NC1CCCNC1=O)c1ccc(C#CCCO)cn1. The van der Waals surface area contributed by atoms with Crippen LogP contribution in [-0.4, -0.2) is 41.1 Å². The zero-order valence-corrected chi connectivity index (χ0v) is 11.6. The maximum Gasteiger partial charge on any atom is 0.270 e. The molecule has 0 aliphatic carbocycles. The van der Waals surface area contributed by atoms with Crippen molar-refractivity contribution in [3.63, 3.8) is 0 Å². The molecule has 1 aromatic heterocycles. The average molecular weight is 287 g/mol. The molecule has 1 fully saturated rings. The molecule has 21 heavy (non-hydrogen) atoms. The summed E-state index contributed by atoms with van der Waals surface area (Å²) < 4.78 is 0. The Balaban J connectivity index is 1.96. The molecule has 110 valence electrons. The molecular formula is C15H17N3O3. The van der Waals surface area contributed by atoms with Gasteiger partial charge in [-0.25, -0.2) is 4.98 Å². The lowest BCUT2D eigenvalue weighted by atomic mass is 10.1. The van der Waals surface area contributed by atoms with E-state index in [0.717, 1.165) is 6.42 Å². The Morgan fingerprint density at radius 1 is 1.52 bits per heavy atom. The van der Waals surface area contributed by atoms with E-state index in [0.29, 0.717) is 24.9 Å². The lowest BCUT2D eigenvalue weighted by Gasteiger charge is -2.22. The molecular weight excluding hydrogens is 270 g/mol. The number of piperidine rings is 1. The molecule has 1 aliphatic rings. The van der Waals surface area contributed by atoms with Crippen LogP contribution in [0.25, 0.3) is 0 Å². The Hall–Kier alpha value is -2.39. The third-order valence-electron chi connectivity index (χ3n) is 3.06. The Bertz CT molecular complexity index is 572. The molecule has 0 saturated carbocycles. The van der Waals surface area contributed by atoms with Gasteiger partial charge in [-0.05, 0) is 25.0 Å². The van der Waals surface area contributed by atoms with Gasteiger partial charge in [-0.1, -0.05) is 11.8 Å². The maximum atomic E-state index is 12.0. The highest BCUT2D eigenvalue weighted by molar-refractivity contribution is 5.96. The number of aromatic nitrogens is 1. The van der Waals surface area contributed by atoms with Gasteiger partial charge in [0.15, 0.2) is 0 Å². The van der Waals surface area contributed by atoms with Crippen LogP contribution >= 0.6 is 0 Å². The van der Waals surface area contributed by atoms with Crippen LogP contribution in [0.5, 0.6) is 0 Å². The number of carbonyl (C=O) groups is 2. The molecule has 1 saturated heterocycles. The van der Waals surface area contributed by atoms with Crippen LogP contribution < -0.4 is 10.6 Å². The highest BCUT2D eigenvalue weighted by Gasteiger charge is 2.24. The van der Waals surface area contributed by atoms with Crippen LogP contribution in [0.4, 0.5) is 0 Å². The fourth-order valence-corrected chi connectivity index (χ4v) is 1.96. The number of rotatable bonds is 3. The number of carbonyl (C=O) groups excluding carboxylic acids is 2. The van der Waals surface area contributed by atoms with Crippen molar-refractivity contribution in [1.82, 2.24) is 15.6 Å². The first-order valence-electron chi connectivity index (χ1n) is 6.85. The number of hydrogen-bond donors (Lipinski definition) is 3. The lowest BCUT2D eigenvalue weighted by Crippen LogP contribution is -2.50. The van der Waals surface area contributed by atoms with E-state index in [-0.39, 0.29) is 24.1 Å². The Morgan fingerprint density at radius 2 is 2.38 bits per heavy atom. The molecule has 2 heterocycles. The molecule has 0 bridgehead atoms. The van der Waals surface area contributed by atoms with E-state index < -0.39 is 6.04 Å². The second-order valence-electron chi connectivity index (χ2n) is 4.67. The first-order chi connectivity index (χ1) is 10.2. The minimum Gasteiger partial charge on any atom is -0.395 e.